The van der Waals surface area contributed by atoms with Crippen molar-refractivity contribution in [2.24, 2.45) is 0 Å². The lowest BCUT2D eigenvalue weighted by Gasteiger charge is -2.10. The van der Waals surface area contributed by atoms with Crippen molar-refractivity contribution in [1.29, 1.82) is 5.26 Å². The van der Waals surface area contributed by atoms with E-state index in [9.17, 15) is 14.4 Å². The van der Waals surface area contributed by atoms with Gasteiger partial charge in [-0.15, -0.1) is 0 Å². The first kappa shape index (κ1) is 31.3. The quantitative estimate of drug-likeness (QED) is 0.137. The second-order valence-electron chi connectivity index (χ2n) is 10.3. The molecule has 0 saturated heterocycles. The molecule has 2 heterocycles. The summed E-state index contributed by atoms with van der Waals surface area (Å²) in [5.74, 6) is 0.160. The molecule has 0 fully saturated rings. The zero-order valence-corrected chi connectivity index (χ0v) is 25.6. The van der Waals surface area contributed by atoms with E-state index in [1.54, 1.807) is 46.3 Å². The van der Waals surface area contributed by atoms with Crippen molar-refractivity contribution in [2.45, 2.75) is 20.3 Å². The van der Waals surface area contributed by atoms with Crippen molar-refractivity contribution in [2.75, 3.05) is 26.1 Å². The maximum absolute atomic E-state index is 13.6. The van der Waals surface area contributed by atoms with Crippen LogP contribution in [-0.2, 0) is 11.2 Å². The van der Waals surface area contributed by atoms with Crippen LogP contribution in [0.2, 0.25) is 0 Å². The number of fused-ring (bicyclic) bond motifs is 1. The van der Waals surface area contributed by atoms with Crippen LogP contribution in [0.4, 0.5) is 5.69 Å². The highest BCUT2D eigenvalue weighted by molar-refractivity contribution is 6.19. The molecule has 2 N–H and O–H groups in total. The Bertz CT molecular complexity index is 2010. The van der Waals surface area contributed by atoms with Crippen LogP contribution in [0.5, 0.6) is 11.5 Å². The summed E-state index contributed by atoms with van der Waals surface area (Å²) in [4.78, 5) is 39.5. The number of anilines is 1. The lowest BCUT2D eigenvalue weighted by Crippen LogP contribution is -2.23. The monoisotopic (exact) mass is 618 g/mol. The van der Waals surface area contributed by atoms with Gasteiger partial charge in [0.1, 0.15) is 16.9 Å². The van der Waals surface area contributed by atoms with Gasteiger partial charge in [0.15, 0.2) is 17.3 Å². The number of hydrogen-bond donors (Lipinski definition) is 2. The van der Waals surface area contributed by atoms with Crippen molar-refractivity contribution in [3.63, 3.8) is 0 Å². The molecule has 11 heteroatoms. The van der Waals surface area contributed by atoms with E-state index in [-0.39, 0.29) is 28.5 Å². The van der Waals surface area contributed by atoms with Crippen LogP contribution in [0.1, 0.15) is 55.9 Å². The number of rotatable bonds is 11. The van der Waals surface area contributed by atoms with Gasteiger partial charge < -0.3 is 29.0 Å². The number of aryl methyl sites for hydroxylation is 1. The molecule has 0 bridgehead atoms. The van der Waals surface area contributed by atoms with Gasteiger partial charge in [-0.05, 0) is 85.5 Å². The predicted molar refractivity (Wildman–Crippen MR) is 170 cm³/mol. The van der Waals surface area contributed by atoms with Gasteiger partial charge >= 0.3 is 0 Å². The van der Waals surface area contributed by atoms with Crippen molar-refractivity contribution < 1.29 is 32.8 Å². The number of furan rings is 1. The first-order chi connectivity index (χ1) is 22.2. The van der Waals surface area contributed by atoms with Gasteiger partial charge in [0.05, 0.1) is 37.7 Å². The molecule has 0 atom stereocenters. The van der Waals surface area contributed by atoms with E-state index in [4.69, 9.17) is 23.7 Å². The van der Waals surface area contributed by atoms with Crippen LogP contribution < -0.4 is 20.1 Å². The Morgan fingerprint density at radius 1 is 0.978 bits per heavy atom. The Kier molecular flexibility index (Phi) is 9.28. The molecule has 0 aliphatic rings. The Morgan fingerprint density at radius 2 is 1.72 bits per heavy atom. The Morgan fingerprint density at radius 3 is 2.39 bits per heavy atom. The SMILES string of the molecule is COc1ccc(CCNC(=O)/C=C(/C)c2ccc3oc(C(=O)c4ccc(C#N)cc4)c(NC(=O)c4cnoc4C)c3c2)cc1OC. The average molecular weight is 619 g/mol. The number of methoxy groups -OCH3 is 2. The number of carbonyl (C=O) groups is 3. The molecule has 2 amide bonds. The topological polar surface area (TPSA) is 157 Å². The third kappa shape index (κ3) is 6.66. The smallest absolute Gasteiger partial charge is 0.261 e. The lowest BCUT2D eigenvalue weighted by atomic mass is 10.0. The molecule has 0 radical (unpaired) electrons. The maximum Gasteiger partial charge on any atom is 0.261 e. The predicted octanol–water partition coefficient (Wildman–Crippen LogP) is 5.86. The van der Waals surface area contributed by atoms with E-state index in [1.165, 1.54) is 36.5 Å². The van der Waals surface area contributed by atoms with Gasteiger partial charge in [0.25, 0.3) is 5.91 Å². The van der Waals surface area contributed by atoms with Crippen LogP contribution in [0.15, 0.2) is 81.9 Å². The summed E-state index contributed by atoms with van der Waals surface area (Å²) in [5.41, 5.74) is 3.69. The number of ketones is 1. The largest absolute Gasteiger partial charge is 0.493 e. The lowest BCUT2D eigenvalue weighted by molar-refractivity contribution is -0.116. The van der Waals surface area contributed by atoms with E-state index in [0.717, 1.165) is 5.56 Å². The van der Waals surface area contributed by atoms with Crippen LogP contribution in [0.25, 0.3) is 16.5 Å². The summed E-state index contributed by atoms with van der Waals surface area (Å²) in [6.45, 7) is 3.79. The Hall–Kier alpha value is -6.15. The molecular formula is C35H30N4O7. The Labute approximate surface area is 264 Å². The number of amides is 2. The highest BCUT2D eigenvalue weighted by Crippen LogP contribution is 2.35. The number of ether oxygens (including phenoxy) is 2. The van der Waals surface area contributed by atoms with Crippen LogP contribution >= 0.6 is 0 Å². The van der Waals surface area contributed by atoms with Crippen molar-refractivity contribution in [1.82, 2.24) is 10.5 Å². The number of hydrogen-bond acceptors (Lipinski definition) is 9. The minimum Gasteiger partial charge on any atom is -0.493 e. The van der Waals surface area contributed by atoms with Gasteiger partial charge in [0.2, 0.25) is 11.7 Å². The minimum absolute atomic E-state index is 0.0890. The molecule has 0 saturated carbocycles. The number of benzene rings is 3. The standard InChI is InChI=1S/C35H30N4O7/c1-20(15-31(40)37-14-13-22-7-11-29(43-3)30(16-22)44-4)25-10-12-28-26(17-25)32(39-35(42)27-19-38-46-21(27)2)34(45-28)33(41)24-8-5-23(18-36)6-9-24/h5-12,15-17,19H,13-14H2,1-4H3,(H,37,40)(H,39,42)/b20-15-. The number of nitriles is 1. The molecular weight excluding hydrogens is 588 g/mol. The summed E-state index contributed by atoms with van der Waals surface area (Å²) in [5, 5.41) is 18.9. The van der Waals surface area contributed by atoms with Crippen LogP contribution in [-0.4, -0.2) is 43.5 Å². The van der Waals surface area contributed by atoms with Crippen molar-refractivity contribution >= 4 is 39.8 Å². The first-order valence-electron chi connectivity index (χ1n) is 14.2. The van der Waals surface area contributed by atoms with E-state index in [0.29, 0.717) is 57.9 Å². The van der Waals surface area contributed by atoms with Gasteiger partial charge in [-0.25, -0.2) is 0 Å². The third-order valence-electron chi connectivity index (χ3n) is 7.37. The summed E-state index contributed by atoms with van der Waals surface area (Å²) < 4.78 is 21.6. The zero-order valence-electron chi connectivity index (χ0n) is 25.6. The first-order valence-corrected chi connectivity index (χ1v) is 14.2. The highest BCUT2D eigenvalue weighted by atomic mass is 16.5. The summed E-state index contributed by atoms with van der Waals surface area (Å²) in [7, 11) is 3.14. The fourth-order valence-corrected chi connectivity index (χ4v) is 4.85. The Balaban J connectivity index is 1.40. The number of aromatic nitrogens is 1. The number of allylic oxidation sites excluding steroid dienone is 1. The van der Waals surface area contributed by atoms with Gasteiger partial charge in [-0.3, -0.25) is 14.4 Å². The zero-order chi connectivity index (χ0) is 32.8. The maximum atomic E-state index is 13.6. The molecule has 232 valence electrons. The fraction of sp³-hybridized carbons (Fsp3) is 0.171. The fourth-order valence-electron chi connectivity index (χ4n) is 4.85. The summed E-state index contributed by atoms with van der Waals surface area (Å²) in [6, 6.07) is 18.9. The van der Waals surface area contributed by atoms with E-state index in [2.05, 4.69) is 15.8 Å². The molecule has 0 spiro atoms. The highest BCUT2D eigenvalue weighted by Gasteiger charge is 2.25. The van der Waals surface area contributed by atoms with E-state index in [1.807, 2.05) is 24.3 Å². The van der Waals surface area contributed by atoms with E-state index >= 15 is 0 Å². The van der Waals surface area contributed by atoms with Crippen LogP contribution in [0, 0.1) is 18.3 Å². The number of carbonyl (C=O) groups excluding carboxylic acids is 3. The summed E-state index contributed by atoms with van der Waals surface area (Å²) >= 11 is 0. The molecule has 3 aromatic carbocycles. The summed E-state index contributed by atoms with van der Waals surface area (Å²) in [6.07, 6.45) is 3.36. The molecule has 0 aliphatic carbocycles. The second kappa shape index (κ2) is 13.7. The van der Waals surface area contributed by atoms with Crippen molar-refractivity contribution in [3.05, 3.63) is 112 Å². The molecule has 5 rings (SSSR count). The second-order valence-corrected chi connectivity index (χ2v) is 10.3. The van der Waals surface area contributed by atoms with E-state index < -0.39 is 11.7 Å². The molecule has 0 aliphatic heterocycles. The third-order valence-corrected chi connectivity index (χ3v) is 7.37. The molecule has 2 aromatic heterocycles. The average Bonchev–Trinajstić information content (AvgIpc) is 3.67. The normalized spacial score (nSPS) is 11.2. The van der Waals surface area contributed by atoms with Crippen LogP contribution in [0.3, 0.4) is 0 Å². The molecule has 5 aromatic rings. The molecule has 0 unspecified atom stereocenters. The molecule has 46 heavy (non-hydrogen) atoms. The number of nitrogens with one attached hydrogen (secondary N) is 2. The minimum atomic E-state index is -0.540. The number of nitrogens with zero attached hydrogens (tertiary/aromatic N) is 2. The van der Waals surface area contributed by atoms with Gasteiger partial charge in [0, 0.05) is 23.6 Å². The van der Waals surface area contributed by atoms with Gasteiger partial charge in [-0.2, -0.15) is 5.26 Å². The molecule has 11 nitrogen and oxygen atoms in total. The van der Waals surface area contributed by atoms with Crippen molar-refractivity contribution in [3.8, 4) is 17.6 Å². The van der Waals surface area contributed by atoms with Gasteiger partial charge in [-0.1, -0.05) is 17.3 Å².